The number of hydrogen-bond donors (Lipinski definition) is 2. The molecule has 0 aliphatic rings. The number of carbonyl (C=O) groups excluding carboxylic acids is 1. The molecule has 1 aromatic heterocycles. The molecule has 2 aromatic rings. The van der Waals surface area contributed by atoms with Crippen LogP contribution in [0.4, 0.5) is 23.0 Å². The van der Waals surface area contributed by atoms with E-state index in [0.29, 0.717) is 28.6 Å². The summed E-state index contributed by atoms with van der Waals surface area (Å²) in [6.07, 6.45) is 2.40. The number of nitrogen functional groups attached to an aromatic ring is 1. The fourth-order valence-corrected chi connectivity index (χ4v) is 2.20. The quantitative estimate of drug-likeness (QED) is 0.791. The van der Waals surface area contributed by atoms with Crippen LogP contribution < -0.4 is 16.0 Å². The molecule has 2 rings (SSSR count). The number of carbonyl (C=O) groups is 1. The number of benzene rings is 1. The fraction of sp³-hybridized carbons (Fsp3) is 0.312. The van der Waals surface area contributed by atoms with Crippen LogP contribution in [-0.2, 0) is 4.74 Å². The zero-order valence-corrected chi connectivity index (χ0v) is 13.5. The summed E-state index contributed by atoms with van der Waals surface area (Å²) in [6, 6.07) is 7.13. The van der Waals surface area contributed by atoms with Crippen LogP contribution in [0.15, 0.2) is 30.6 Å². The van der Waals surface area contributed by atoms with Gasteiger partial charge in [-0.1, -0.05) is 19.1 Å². The number of methoxy groups -OCH3 is 1. The van der Waals surface area contributed by atoms with E-state index in [1.165, 1.54) is 13.4 Å². The van der Waals surface area contributed by atoms with Crippen molar-refractivity contribution in [2.75, 3.05) is 36.7 Å². The van der Waals surface area contributed by atoms with Gasteiger partial charge in [0, 0.05) is 13.6 Å². The number of nitrogens with two attached hydrogens (primary N) is 1. The number of nitrogens with one attached hydrogen (secondary N) is 1. The van der Waals surface area contributed by atoms with E-state index in [9.17, 15) is 4.79 Å². The van der Waals surface area contributed by atoms with Crippen LogP contribution in [0.3, 0.4) is 0 Å². The summed E-state index contributed by atoms with van der Waals surface area (Å²) in [6.45, 7) is 2.83. The van der Waals surface area contributed by atoms with Crippen molar-refractivity contribution in [3.8, 4) is 0 Å². The molecule has 7 nitrogen and oxygen atoms in total. The molecule has 0 saturated carbocycles. The molecule has 7 heteroatoms. The lowest BCUT2D eigenvalue weighted by Crippen LogP contribution is -2.18. The summed E-state index contributed by atoms with van der Waals surface area (Å²) in [5.41, 5.74) is 7.71. The van der Waals surface area contributed by atoms with Gasteiger partial charge >= 0.3 is 5.97 Å². The molecule has 0 aliphatic carbocycles. The minimum absolute atomic E-state index is 0.413. The molecular formula is C16H21N5O2. The van der Waals surface area contributed by atoms with Crippen molar-refractivity contribution in [2.45, 2.75) is 13.3 Å². The largest absolute Gasteiger partial charge is 0.465 e. The normalized spacial score (nSPS) is 10.2. The van der Waals surface area contributed by atoms with Crippen molar-refractivity contribution in [3.05, 3.63) is 36.2 Å². The van der Waals surface area contributed by atoms with Crippen molar-refractivity contribution in [1.29, 1.82) is 0 Å². The predicted molar refractivity (Wildman–Crippen MR) is 91.1 cm³/mol. The van der Waals surface area contributed by atoms with Gasteiger partial charge in [-0.15, -0.1) is 0 Å². The molecule has 0 bridgehead atoms. The van der Waals surface area contributed by atoms with Crippen LogP contribution in [0.5, 0.6) is 0 Å². The third kappa shape index (κ3) is 3.50. The minimum Gasteiger partial charge on any atom is -0.465 e. The van der Waals surface area contributed by atoms with Crippen molar-refractivity contribution >= 4 is 29.0 Å². The first-order valence-corrected chi connectivity index (χ1v) is 7.35. The second kappa shape index (κ2) is 7.44. The Labute approximate surface area is 135 Å². The Morgan fingerprint density at radius 3 is 2.78 bits per heavy atom. The second-order valence-electron chi connectivity index (χ2n) is 4.95. The van der Waals surface area contributed by atoms with E-state index in [-0.39, 0.29) is 0 Å². The first kappa shape index (κ1) is 16.5. The number of para-hydroxylation sites is 1. The molecule has 1 aromatic carbocycles. The number of esters is 1. The molecule has 0 aliphatic heterocycles. The lowest BCUT2D eigenvalue weighted by atomic mass is 10.1. The second-order valence-corrected chi connectivity index (χ2v) is 4.95. The maximum absolute atomic E-state index is 11.9. The summed E-state index contributed by atoms with van der Waals surface area (Å²) in [5.74, 6) is 0.693. The highest BCUT2D eigenvalue weighted by atomic mass is 16.5. The van der Waals surface area contributed by atoms with Crippen molar-refractivity contribution in [1.82, 2.24) is 9.97 Å². The van der Waals surface area contributed by atoms with Crippen molar-refractivity contribution < 1.29 is 9.53 Å². The highest BCUT2D eigenvalue weighted by Gasteiger charge is 2.19. The van der Waals surface area contributed by atoms with Gasteiger partial charge in [-0.2, -0.15) is 0 Å². The van der Waals surface area contributed by atoms with Gasteiger partial charge in [-0.3, -0.25) is 0 Å². The number of rotatable bonds is 6. The summed E-state index contributed by atoms with van der Waals surface area (Å²) in [4.78, 5) is 22.1. The van der Waals surface area contributed by atoms with E-state index in [1.807, 2.05) is 12.1 Å². The number of nitrogens with zero attached hydrogens (tertiary/aromatic N) is 3. The smallest absolute Gasteiger partial charge is 0.339 e. The van der Waals surface area contributed by atoms with E-state index in [4.69, 9.17) is 10.5 Å². The van der Waals surface area contributed by atoms with Gasteiger partial charge < -0.3 is 20.7 Å². The summed E-state index contributed by atoms with van der Waals surface area (Å²) < 4.78 is 4.83. The average Bonchev–Trinajstić information content (AvgIpc) is 2.59. The molecule has 0 saturated heterocycles. The minimum atomic E-state index is -0.413. The summed E-state index contributed by atoms with van der Waals surface area (Å²) in [5, 5.41) is 3.16. The van der Waals surface area contributed by atoms with E-state index < -0.39 is 5.97 Å². The van der Waals surface area contributed by atoms with Gasteiger partial charge in [-0.25, -0.2) is 14.8 Å². The van der Waals surface area contributed by atoms with Gasteiger partial charge in [0.2, 0.25) is 0 Å². The van der Waals surface area contributed by atoms with Gasteiger partial charge in [0.05, 0.1) is 18.4 Å². The molecule has 23 heavy (non-hydrogen) atoms. The molecule has 3 N–H and O–H groups in total. The molecule has 0 spiro atoms. The molecule has 0 amide bonds. The number of anilines is 4. The van der Waals surface area contributed by atoms with Crippen LogP contribution >= 0.6 is 0 Å². The van der Waals surface area contributed by atoms with Gasteiger partial charge in [0.1, 0.15) is 12.0 Å². The van der Waals surface area contributed by atoms with E-state index in [0.717, 1.165) is 13.0 Å². The monoisotopic (exact) mass is 315 g/mol. The van der Waals surface area contributed by atoms with E-state index in [1.54, 1.807) is 24.1 Å². The maximum Gasteiger partial charge on any atom is 0.339 e. The third-order valence-electron chi connectivity index (χ3n) is 3.39. The molecule has 122 valence electrons. The van der Waals surface area contributed by atoms with Gasteiger partial charge in [-0.05, 0) is 18.6 Å². The van der Waals surface area contributed by atoms with Crippen LogP contribution in [0, 0.1) is 0 Å². The topological polar surface area (TPSA) is 93.4 Å². The molecule has 0 atom stereocenters. The maximum atomic E-state index is 11.9. The summed E-state index contributed by atoms with van der Waals surface area (Å²) >= 11 is 0. The Morgan fingerprint density at radius 1 is 1.35 bits per heavy atom. The molecule has 1 heterocycles. The van der Waals surface area contributed by atoms with E-state index in [2.05, 4.69) is 22.2 Å². The SMILES string of the molecule is CCCNc1ncnc(N(C)c2ccccc2C(=O)OC)c1N. The highest BCUT2D eigenvalue weighted by Crippen LogP contribution is 2.32. The predicted octanol–water partition coefficient (Wildman–Crippen LogP) is 2.44. The van der Waals surface area contributed by atoms with Crippen molar-refractivity contribution in [3.63, 3.8) is 0 Å². The third-order valence-corrected chi connectivity index (χ3v) is 3.39. The average molecular weight is 315 g/mol. The molecule has 0 fully saturated rings. The standard InChI is InChI=1S/C16H21N5O2/c1-4-9-18-14-13(17)15(20-10-19-14)21(2)12-8-6-5-7-11(12)16(22)23-3/h5-8,10H,4,9,17H2,1-3H3,(H,18,19,20). The first-order chi connectivity index (χ1) is 11.1. The van der Waals surface area contributed by atoms with Gasteiger partial charge in [0.15, 0.2) is 11.6 Å². The fourth-order valence-electron chi connectivity index (χ4n) is 2.20. The van der Waals surface area contributed by atoms with Gasteiger partial charge in [0.25, 0.3) is 0 Å². The zero-order chi connectivity index (χ0) is 16.8. The number of aromatic nitrogens is 2. The number of hydrogen-bond acceptors (Lipinski definition) is 7. The Balaban J connectivity index is 2.42. The van der Waals surface area contributed by atoms with Crippen LogP contribution in [0.25, 0.3) is 0 Å². The first-order valence-electron chi connectivity index (χ1n) is 7.35. The van der Waals surface area contributed by atoms with Crippen LogP contribution in [0.2, 0.25) is 0 Å². The summed E-state index contributed by atoms with van der Waals surface area (Å²) in [7, 11) is 3.15. The lowest BCUT2D eigenvalue weighted by Gasteiger charge is -2.22. The molecule has 0 radical (unpaired) electrons. The highest BCUT2D eigenvalue weighted by molar-refractivity contribution is 5.97. The lowest BCUT2D eigenvalue weighted by molar-refractivity contribution is 0.0601. The number of ether oxygens (including phenoxy) is 1. The Kier molecular flexibility index (Phi) is 5.35. The van der Waals surface area contributed by atoms with Crippen LogP contribution in [0.1, 0.15) is 23.7 Å². The van der Waals surface area contributed by atoms with Crippen LogP contribution in [-0.4, -0.2) is 36.6 Å². The Morgan fingerprint density at radius 2 is 2.09 bits per heavy atom. The van der Waals surface area contributed by atoms with Crippen molar-refractivity contribution in [2.24, 2.45) is 0 Å². The van der Waals surface area contributed by atoms with E-state index >= 15 is 0 Å². The molecule has 0 unspecified atom stereocenters. The Bertz CT molecular complexity index is 690. The zero-order valence-electron chi connectivity index (χ0n) is 13.5. The Hall–Kier alpha value is -2.83. The molecular weight excluding hydrogens is 294 g/mol.